The molecule has 0 aromatic heterocycles. The average molecular weight is 310 g/mol. The zero-order valence-corrected chi connectivity index (χ0v) is 12.8. The monoisotopic (exact) mass is 310 g/mol. The van der Waals surface area contributed by atoms with Crippen LogP contribution in [0.4, 0.5) is 8.78 Å². The number of nitrogens with one attached hydrogen (secondary N) is 1. The van der Waals surface area contributed by atoms with Crippen LogP contribution in [0.5, 0.6) is 5.75 Å². The van der Waals surface area contributed by atoms with Crippen LogP contribution < -0.4 is 5.32 Å². The number of rotatable bonds is 3. The summed E-state index contributed by atoms with van der Waals surface area (Å²) in [5.41, 5.74) is 0.161. The van der Waals surface area contributed by atoms with Gasteiger partial charge >= 0.3 is 0 Å². The molecule has 0 unspecified atom stereocenters. The summed E-state index contributed by atoms with van der Waals surface area (Å²) in [5, 5.41) is 13.4. The summed E-state index contributed by atoms with van der Waals surface area (Å²) in [5.74, 6) is -1.44. The molecule has 3 nitrogen and oxygen atoms in total. The van der Waals surface area contributed by atoms with Crippen molar-refractivity contribution in [1.29, 1.82) is 0 Å². The van der Waals surface area contributed by atoms with Gasteiger partial charge in [0, 0.05) is 32.2 Å². The Kier molecular flexibility index (Phi) is 4.93. The van der Waals surface area contributed by atoms with Crippen molar-refractivity contribution < 1.29 is 13.9 Å². The molecule has 1 atom stereocenters. The van der Waals surface area contributed by atoms with Gasteiger partial charge in [-0.3, -0.25) is 4.90 Å². The predicted molar refractivity (Wildman–Crippen MR) is 81.8 cm³/mol. The first-order valence-corrected chi connectivity index (χ1v) is 8.30. The Morgan fingerprint density at radius 1 is 1.05 bits per heavy atom. The van der Waals surface area contributed by atoms with Crippen molar-refractivity contribution in [3.8, 4) is 5.75 Å². The highest BCUT2D eigenvalue weighted by Crippen LogP contribution is 2.43. The summed E-state index contributed by atoms with van der Waals surface area (Å²) < 4.78 is 28.2. The van der Waals surface area contributed by atoms with Crippen molar-refractivity contribution in [3.05, 3.63) is 29.3 Å². The number of hydrogen-bond acceptors (Lipinski definition) is 3. The van der Waals surface area contributed by atoms with Crippen molar-refractivity contribution in [2.75, 3.05) is 26.2 Å². The number of phenolic OH excluding ortho intramolecular Hbond substituents is 1. The van der Waals surface area contributed by atoms with Crippen molar-refractivity contribution >= 4 is 0 Å². The maximum Gasteiger partial charge on any atom is 0.165 e. The first-order valence-electron chi connectivity index (χ1n) is 8.30. The predicted octanol–water partition coefficient (Wildman–Crippen LogP) is 3.20. The van der Waals surface area contributed by atoms with Gasteiger partial charge in [-0.25, -0.2) is 8.78 Å². The van der Waals surface area contributed by atoms with Gasteiger partial charge in [0.2, 0.25) is 0 Å². The topological polar surface area (TPSA) is 35.5 Å². The molecule has 1 heterocycles. The lowest BCUT2D eigenvalue weighted by atomic mass is 9.79. The van der Waals surface area contributed by atoms with Crippen LogP contribution in [0.1, 0.15) is 43.7 Å². The molecular weight excluding hydrogens is 286 g/mol. The SMILES string of the molecule is Oc1c(F)ccc(F)c1[C@H](C1CCCCC1)N1CCNCC1. The number of benzene rings is 1. The molecule has 0 amide bonds. The Bertz CT molecular complexity index is 494. The molecule has 3 rings (SSSR count). The van der Waals surface area contributed by atoms with E-state index in [2.05, 4.69) is 10.2 Å². The Labute approximate surface area is 130 Å². The minimum Gasteiger partial charge on any atom is -0.505 e. The number of aromatic hydroxyl groups is 1. The minimum atomic E-state index is -0.729. The van der Waals surface area contributed by atoms with E-state index in [1.807, 2.05) is 0 Å². The molecule has 22 heavy (non-hydrogen) atoms. The van der Waals surface area contributed by atoms with E-state index in [4.69, 9.17) is 0 Å². The van der Waals surface area contributed by atoms with E-state index in [0.29, 0.717) is 0 Å². The molecule has 0 bridgehead atoms. The summed E-state index contributed by atoms with van der Waals surface area (Å²) in [6.07, 6.45) is 5.51. The van der Waals surface area contributed by atoms with Gasteiger partial charge in [-0.1, -0.05) is 19.3 Å². The molecule has 0 spiro atoms. The number of piperazine rings is 1. The molecule has 1 aliphatic carbocycles. The number of nitrogens with zero attached hydrogens (tertiary/aromatic N) is 1. The molecule has 1 saturated carbocycles. The summed E-state index contributed by atoms with van der Waals surface area (Å²) in [6, 6.07) is 1.92. The largest absolute Gasteiger partial charge is 0.505 e. The normalized spacial score (nSPS) is 22.6. The fourth-order valence-electron chi connectivity index (χ4n) is 3.96. The van der Waals surface area contributed by atoms with Gasteiger partial charge < -0.3 is 10.4 Å². The zero-order valence-electron chi connectivity index (χ0n) is 12.8. The highest BCUT2D eigenvalue weighted by Gasteiger charge is 2.35. The van der Waals surface area contributed by atoms with Crippen LogP contribution in [-0.2, 0) is 0 Å². The molecule has 122 valence electrons. The lowest BCUT2D eigenvalue weighted by molar-refractivity contribution is 0.0979. The van der Waals surface area contributed by atoms with Crippen molar-refractivity contribution in [2.24, 2.45) is 5.92 Å². The maximum absolute atomic E-state index is 14.4. The number of phenols is 1. The third-order valence-corrected chi connectivity index (χ3v) is 5.05. The molecule has 5 heteroatoms. The second-order valence-corrected chi connectivity index (χ2v) is 6.42. The second kappa shape index (κ2) is 6.92. The number of halogens is 2. The van der Waals surface area contributed by atoms with Gasteiger partial charge in [0.05, 0.1) is 5.56 Å². The fraction of sp³-hybridized carbons (Fsp3) is 0.647. The van der Waals surface area contributed by atoms with Crippen molar-refractivity contribution in [3.63, 3.8) is 0 Å². The Hall–Kier alpha value is -1.20. The summed E-state index contributed by atoms with van der Waals surface area (Å²) in [6.45, 7) is 3.30. The lowest BCUT2D eigenvalue weighted by Gasteiger charge is -2.41. The highest BCUT2D eigenvalue weighted by molar-refractivity contribution is 5.38. The Balaban J connectivity index is 1.98. The summed E-state index contributed by atoms with van der Waals surface area (Å²) >= 11 is 0. The lowest BCUT2D eigenvalue weighted by Crippen LogP contribution is -2.47. The number of hydrogen-bond donors (Lipinski definition) is 2. The van der Waals surface area contributed by atoms with E-state index in [9.17, 15) is 13.9 Å². The van der Waals surface area contributed by atoms with Crippen LogP contribution in [0, 0.1) is 17.6 Å². The molecule has 1 aromatic rings. The minimum absolute atomic E-state index is 0.161. The van der Waals surface area contributed by atoms with Gasteiger partial charge in [-0.2, -0.15) is 0 Å². The van der Waals surface area contributed by atoms with Gasteiger partial charge in [0.25, 0.3) is 0 Å². The first kappa shape index (κ1) is 15.7. The molecule has 1 aromatic carbocycles. The van der Waals surface area contributed by atoms with E-state index in [0.717, 1.165) is 64.0 Å². The van der Waals surface area contributed by atoms with E-state index in [1.165, 1.54) is 6.42 Å². The van der Waals surface area contributed by atoms with E-state index in [1.54, 1.807) is 0 Å². The van der Waals surface area contributed by atoms with Crippen LogP contribution in [0.25, 0.3) is 0 Å². The Morgan fingerprint density at radius 3 is 2.36 bits per heavy atom. The van der Waals surface area contributed by atoms with Crippen LogP contribution in [-0.4, -0.2) is 36.2 Å². The Morgan fingerprint density at radius 2 is 1.68 bits per heavy atom. The van der Waals surface area contributed by atoms with Crippen molar-refractivity contribution in [2.45, 2.75) is 38.1 Å². The van der Waals surface area contributed by atoms with Crippen LogP contribution >= 0.6 is 0 Å². The zero-order chi connectivity index (χ0) is 15.5. The van der Waals surface area contributed by atoms with Crippen LogP contribution in [0.15, 0.2) is 12.1 Å². The van der Waals surface area contributed by atoms with Gasteiger partial charge in [-0.15, -0.1) is 0 Å². The van der Waals surface area contributed by atoms with Crippen LogP contribution in [0.2, 0.25) is 0 Å². The van der Waals surface area contributed by atoms with E-state index in [-0.39, 0.29) is 17.5 Å². The summed E-state index contributed by atoms with van der Waals surface area (Å²) in [4.78, 5) is 2.21. The van der Waals surface area contributed by atoms with Gasteiger partial charge in [0.1, 0.15) is 5.82 Å². The average Bonchev–Trinajstić information content (AvgIpc) is 2.57. The van der Waals surface area contributed by atoms with Crippen LogP contribution in [0.3, 0.4) is 0 Å². The highest BCUT2D eigenvalue weighted by atomic mass is 19.1. The molecule has 2 N–H and O–H groups in total. The smallest absolute Gasteiger partial charge is 0.165 e. The van der Waals surface area contributed by atoms with Crippen molar-refractivity contribution in [1.82, 2.24) is 10.2 Å². The van der Waals surface area contributed by atoms with Gasteiger partial charge in [0.15, 0.2) is 11.6 Å². The first-order chi connectivity index (χ1) is 10.7. The third kappa shape index (κ3) is 3.10. The second-order valence-electron chi connectivity index (χ2n) is 6.42. The quantitative estimate of drug-likeness (QED) is 0.900. The summed E-state index contributed by atoms with van der Waals surface area (Å²) in [7, 11) is 0. The third-order valence-electron chi connectivity index (χ3n) is 5.05. The molecule has 2 aliphatic rings. The fourth-order valence-corrected chi connectivity index (χ4v) is 3.96. The molecule has 0 radical (unpaired) electrons. The molecule has 1 saturated heterocycles. The molecule has 1 aliphatic heterocycles. The molecular formula is C17H24F2N2O. The van der Waals surface area contributed by atoms with E-state index >= 15 is 0 Å². The van der Waals surface area contributed by atoms with E-state index < -0.39 is 17.4 Å². The standard InChI is InChI=1S/C17H24F2N2O/c18-13-6-7-14(19)17(22)15(13)16(12-4-2-1-3-5-12)21-10-8-20-9-11-21/h6-7,12,16,20,22H,1-5,8-11H2/t16-/m0/s1. The molecule has 2 fully saturated rings. The maximum atomic E-state index is 14.4. The van der Waals surface area contributed by atoms with Gasteiger partial charge in [-0.05, 0) is 30.9 Å².